The molecule has 8 aliphatic rings. The second-order valence-corrected chi connectivity index (χ2v) is 22.6. The molecular weight excluding hydrogens is 912 g/mol. The van der Waals surface area contributed by atoms with Gasteiger partial charge in [-0.05, 0) is 140 Å². The molecule has 0 unspecified atom stereocenters. The van der Waals surface area contributed by atoms with Gasteiger partial charge in [-0.2, -0.15) is 0 Å². The van der Waals surface area contributed by atoms with E-state index < -0.39 is 23.1 Å². The molecule has 4 aromatic rings. The topological polar surface area (TPSA) is 156 Å². The lowest BCUT2D eigenvalue weighted by molar-refractivity contribution is -0.144. The van der Waals surface area contributed by atoms with Crippen molar-refractivity contribution < 1.29 is 28.4 Å². The number of hydrogen-bond acceptors (Lipinski definition) is 10. The van der Waals surface area contributed by atoms with Crippen LogP contribution < -0.4 is 20.4 Å². The zero-order valence-electron chi connectivity index (χ0n) is 41.9. The van der Waals surface area contributed by atoms with Gasteiger partial charge in [0.1, 0.15) is 11.3 Å². The normalized spacial score (nSPS) is 25.3. The Kier molecular flexibility index (Phi) is 12.3. The minimum Gasteiger partial charge on any atom is -0.371 e. The van der Waals surface area contributed by atoms with E-state index in [0.717, 1.165) is 83.8 Å². The molecule has 12 rings (SSSR count). The Morgan fingerprint density at radius 3 is 2.14 bits per heavy atom. The summed E-state index contributed by atoms with van der Waals surface area (Å²) in [5.74, 6) is -0.895. The molecule has 1 atom stereocenters. The van der Waals surface area contributed by atoms with Crippen LogP contribution in [0, 0.1) is 17.7 Å². The molecule has 16 heteroatoms. The van der Waals surface area contributed by atoms with Gasteiger partial charge in [0.15, 0.2) is 5.82 Å². The van der Waals surface area contributed by atoms with Gasteiger partial charge in [0, 0.05) is 104 Å². The number of imide groups is 1. The Morgan fingerprint density at radius 1 is 0.778 bits per heavy atom. The van der Waals surface area contributed by atoms with Crippen molar-refractivity contribution in [1.82, 2.24) is 34.6 Å². The monoisotopic (exact) mass is 981 g/mol. The maximum Gasteiger partial charge on any atom is 0.238 e. The molecule has 2 aliphatic carbocycles. The predicted octanol–water partition coefficient (Wildman–Crippen LogP) is 7.29. The summed E-state index contributed by atoms with van der Waals surface area (Å²) in [4.78, 5) is 88.3. The van der Waals surface area contributed by atoms with Crippen molar-refractivity contribution in [2.45, 2.75) is 146 Å². The highest BCUT2D eigenvalue weighted by Gasteiger charge is 2.56. The van der Waals surface area contributed by atoms with Crippen molar-refractivity contribution in [3.63, 3.8) is 0 Å². The van der Waals surface area contributed by atoms with Crippen LogP contribution in [0.1, 0.15) is 133 Å². The highest BCUT2D eigenvalue weighted by Crippen LogP contribution is 2.52. The number of carbonyl (C=O) groups is 5. The number of fused-ring (bicyclic) bond motifs is 3. The van der Waals surface area contributed by atoms with E-state index in [1.165, 1.54) is 25.3 Å². The van der Waals surface area contributed by atoms with E-state index in [1.807, 2.05) is 22.2 Å². The molecule has 5 amide bonds. The summed E-state index contributed by atoms with van der Waals surface area (Å²) in [6.07, 6.45) is 14.1. The minimum atomic E-state index is -0.689. The number of aromatic nitrogens is 3. The average molecular weight is 981 g/mol. The zero-order valence-corrected chi connectivity index (χ0v) is 41.9. The smallest absolute Gasteiger partial charge is 0.238 e. The fourth-order valence-electron chi connectivity index (χ4n) is 13.4. The number of piperidine rings is 5. The highest BCUT2D eigenvalue weighted by molar-refractivity contribution is 6.09. The van der Waals surface area contributed by atoms with Gasteiger partial charge in [-0.1, -0.05) is 24.6 Å². The number of hydrogen-bond donors (Lipinski definition) is 2. The van der Waals surface area contributed by atoms with E-state index in [1.54, 1.807) is 6.07 Å². The Hall–Kier alpha value is -5.90. The van der Waals surface area contributed by atoms with Crippen molar-refractivity contribution in [1.29, 1.82) is 0 Å². The Bertz CT molecular complexity index is 2790. The van der Waals surface area contributed by atoms with Gasteiger partial charge < -0.3 is 34.4 Å². The first kappa shape index (κ1) is 47.1. The lowest BCUT2D eigenvalue weighted by atomic mass is 9.73. The molecule has 15 nitrogen and oxygen atoms in total. The Morgan fingerprint density at radius 2 is 1.47 bits per heavy atom. The van der Waals surface area contributed by atoms with E-state index >= 15 is 9.18 Å². The van der Waals surface area contributed by atoms with Gasteiger partial charge in [-0.3, -0.25) is 29.3 Å². The summed E-state index contributed by atoms with van der Waals surface area (Å²) < 4.78 is 17.5. The number of rotatable bonds is 10. The van der Waals surface area contributed by atoms with Crippen LogP contribution in [-0.4, -0.2) is 129 Å². The lowest BCUT2D eigenvalue weighted by Gasteiger charge is -2.48. The van der Waals surface area contributed by atoms with E-state index in [9.17, 15) is 19.2 Å². The molecule has 1 spiro atoms. The number of nitrogens with one attached hydrogen (secondary N) is 2. The first-order chi connectivity index (χ1) is 34.9. The van der Waals surface area contributed by atoms with Crippen molar-refractivity contribution in [2.24, 2.45) is 11.8 Å². The quantitative estimate of drug-likeness (QED) is 0.155. The first-order valence-electron chi connectivity index (χ1n) is 27.2. The van der Waals surface area contributed by atoms with Crippen LogP contribution in [0.5, 0.6) is 0 Å². The van der Waals surface area contributed by atoms with Crippen molar-refractivity contribution >= 4 is 57.8 Å². The maximum absolute atomic E-state index is 15.3. The van der Waals surface area contributed by atoms with Crippen LogP contribution in [0.2, 0.25) is 0 Å². The second-order valence-electron chi connectivity index (χ2n) is 22.6. The Balaban J connectivity index is 0.695. The first-order valence-corrected chi connectivity index (χ1v) is 27.2. The van der Waals surface area contributed by atoms with Crippen molar-refractivity contribution in [3.05, 3.63) is 65.7 Å². The summed E-state index contributed by atoms with van der Waals surface area (Å²) >= 11 is 0. The molecule has 2 saturated carbocycles. The molecule has 2 aromatic heterocycles. The summed E-state index contributed by atoms with van der Waals surface area (Å²) in [6.45, 7) is 9.98. The van der Waals surface area contributed by atoms with Crippen LogP contribution in [0.15, 0.2) is 48.8 Å². The van der Waals surface area contributed by atoms with Gasteiger partial charge in [0.25, 0.3) is 0 Å². The lowest BCUT2D eigenvalue weighted by Crippen LogP contribution is -2.58. The average Bonchev–Trinajstić information content (AvgIpc) is 4.05. The molecule has 7 fully saturated rings. The van der Waals surface area contributed by atoms with Crippen LogP contribution in [0.25, 0.3) is 22.3 Å². The van der Waals surface area contributed by atoms with Gasteiger partial charge in [-0.15, -0.1) is 0 Å². The molecule has 0 radical (unpaired) electrons. The van der Waals surface area contributed by atoms with Crippen LogP contribution >= 0.6 is 0 Å². The summed E-state index contributed by atoms with van der Waals surface area (Å²) in [6, 6.07) is 14.9. The highest BCUT2D eigenvalue weighted by atomic mass is 19.1. The zero-order chi connectivity index (χ0) is 49.4. The molecule has 380 valence electrons. The minimum absolute atomic E-state index is 0.131. The molecule has 6 aliphatic heterocycles. The standard InChI is InChI=1S/C56H69FN10O5/c1-34(2)66-33-58-47-32-46(60-51(50(47)66)59-38-7-8-38)37-6-12-44-48(28-37)67(41-29-40(30-41)62-20-4-3-5-21-62)55(72)56(44)18-26-65(27-19-56)54(71)36-16-24-64(25-17-36)53(70)35-14-22-63(23-15-35)39-9-10-42(45(57)31-39)43-11-13-49(68)61-52(43)69/h6,9-10,12,28,31-36,38,40-41,43H,3-5,7-8,11,13-27,29-30H2,1-2H3,(H,59,60)(H,61,68,69)/t40?,41?,43-/m1/s1. The van der Waals surface area contributed by atoms with Crippen LogP contribution in [-0.2, 0) is 29.4 Å². The number of pyridine rings is 1. The largest absolute Gasteiger partial charge is 0.371 e. The SMILES string of the molecule is CC(C)n1cnc2cc(-c3ccc4c(c3)N(C3CC(N5CCCCC5)C3)C(=O)C43CCN(C(=O)C4CCN(C(=O)C5CCN(c6ccc([C@H]7CCC(=O)NC7=O)c(F)c6)CC5)CC4)CC3)nc(NC3CC3)c21. The Labute approximate surface area is 421 Å². The van der Waals surface area contributed by atoms with Crippen LogP contribution in [0.3, 0.4) is 0 Å². The van der Waals surface area contributed by atoms with E-state index in [-0.39, 0.29) is 54.0 Å². The van der Waals surface area contributed by atoms with Crippen molar-refractivity contribution in [2.75, 3.05) is 67.5 Å². The number of nitrogens with zero attached hydrogens (tertiary/aromatic N) is 8. The van der Waals surface area contributed by atoms with Gasteiger partial charge in [-0.25, -0.2) is 14.4 Å². The third-order valence-corrected chi connectivity index (χ3v) is 18.0. The number of benzene rings is 2. The molecule has 0 bridgehead atoms. The van der Waals surface area contributed by atoms with Gasteiger partial charge in [0.2, 0.25) is 29.5 Å². The third-order valence-electron chi connectivity index (χ3n) is 18.0. The molecule has 5 saturated heterocycles. The number of halogens is 1. The van der Waals surface area contributed by atoms with E-state index in [0.29, 0.717) is 102 Å². The molecule has 2 N–H and O–H groups in total. The number of imidazole rings is 1. The maximum atomic E-state index is 15.3. The predicted molar refractivity (Wildman–Crippen MR) is 273 cm³/mol. The number of amides is 5. The number of likely N-dealkylation sites (tertiary alicyclic amines) is 3. The van der Waals surface area contributed by atoms with E-state index in [2.05, 4.69) is 68.0 Å². The van der Waals surface area contributed by atoms with Gasteiger partial charge in [0.05, 0.1) is 28.9 Å². The second kappa shape index (κ2) is 18.9. The number of anilines is 3. The van der Waals surface area contributed by atoms with Crippen LogP contribution in [0.4, 0.5) is 21.6 Å². The summed E-state index contributed by atoms with van der Waals surface area (Å²) in [7, 11) is 0. The van der Waals surface area contributed by atoms with Crippen molar-refractivity contribution in [3.8, 4) is 11.3 Å². The summed E-state index contributed by atoms with van der Waals surface area (Å²) in [5, 5.41) is 6.01. The third kappa shape index (κ3) is 8.52. The fraction of sp³-hybridized carbons (Fsp3) is 0.589. The van der Waals surface area contributed by atoms with Gasteiger partial charge >= 0.3 is 0 Å². The fourth-order valence-corrected chi connectivity index (χ4v) is 13.4. The van der Waals surface area contributed by atoms with E-state index in [4.69, 9.17) is 9.97 Å². The molecule has 2 aromatic carbocycles. The number of carbonyl (C=O) groups excluding carboxylic acids is 5. The molecule has 8 heterocycles. The molecule has 72 heavy (non-hydrogen) atoms. The summed E-state index contributed by atoms with van der Waals surface area (Å²) in [5.41, 5.74) is 6.18. The molecular formula is C56H69FN10O5.